The highest BCUT2D eigenvalue weighted by Crippen LogP contribution is 2.34. The van der Waals surface area contributed by atoms with Crippen LogP contribution in [0.15, 0.2) is 47.1 Å². The minimum Gasteiger partial charge on any atom is -0.494 e. The molecule has 3 heterocycles. The van der Waals surface area contributed by atoms with E-state index in [9.17, 15) is 9.59 Å². The zero-order valence-corrected chi connectivity index (χ0v) is 18.0. The lowest BCUT2D eigenvalue weighted by atomic mass is 10.1. The fourth-order valence-corrected chi connectivity index (χ4v) is 4.38. The summed E-state index contributed by atoms with van der Waals surface area (Å²) >= 11 is 1.74. The number of aromatic nitrogens is 2. The van der Waals surface area contributed by atoms with Gasteiger partial charge in [-0.1, -0.05) is 12.1 Å². The predicted octanol–water partition coefficient (Wildman–Crippen LogP) is 3.12. The lowest BCUT2D eigenvalue weighted by Crippen LogP contribution is -2.29. The van der Waals surface area contributed by atoms with Crippen LogP contribution in [0.4, 0.5) is 5.82 Å². The number of ether oxygens (including phenoxy) is 1. The minimum absolute atomic E-state index is 0.0248. The molecule has 2 amide bonds. The molecule has 0 fully saturated rings. The van der Waals surface area contributed by atoms with Crippen LogP contribution in [0.2, 0.25) is 0 Å². The fraction of sp³-hybridized carbons (Fsp3) is 0.318. The van der Waals surface area contributed by atoms with E-state index in [2.05, 4.69) is 15.7 Å². The van der Waals surface area contributed by atoms with E-state index in [-0.39, 0.29) is 24.8 Å². The number of carbonyl (C=O) groups is 2. The lowest BCUT2D eigenvalue weighted by molar-refractivity contribution is -0.122. The topological polar surface area (TPSA) is 98.4 Å². The van der Waals surface area contributed by atoms with E-state index in [0.717, 1.165) is 34.1 Å². The number of nitrogens with one attached hydrogen (secondary N) is 2. The second-order valence-corrected chi connectivity index (χ2v) is 8.07. The van der Waals surface area contributed by atoms with Crippen molar-refractivity contribution in [3.8, 4) is 5.75 Å². The summed E-state index contributed by atoms with van der Waals surface area (Å²) in [6.45, 7) is 2.86. The van der Waals surface area contributed by atoms with Crippen LogP contribution >= 0.6 is 11.8 Å². The number of fused-ring (bicyclic) bond motifs is 1. The second-order valence-electron chi connectivity index (χ2n) is 7.08. The molecule has 0 unspecified atom stereocenters. The van der Waals surface area contributed by atoms with E-state index in [0.29, 0.717) is 24.7 Å². The molecule has 0 saturated carbocycles. The van der Waals surface area contributed by atoms with Crippen LogP contribution in [0, 0.1) is 0 Å². The van der Waals surface area contributed by atoms with Crippen LogP contribution in [0.1, 0.15) is 29.5 Å². The number of carbonyl (C=O) groups excluding carboxylic acids is 2. The Morgan fingerprint density at radius 1 is 1.19 bits per heavy atom. The van der Waals surface area contributed by atoms with Crippen molar-refractivity contribution in [2.24, 2.45) is 0 Å². The minimum atomic E-state index is -0.202. The van der Waals surface area contributed by atoms with Crippen molar-refractivity contribution in [1.29, 1.82) is 0 Å². The number of thioether (sulfide) groups is 1. The molecule has 162 valence electrons. The van der Waals surface area contributed by atoms with Crippen molar-refractivity contribution in [3.05, 3.63) is 65.2 Å². The van der Waals surface area contributed by atoms with Crippen molar-refractivity contribution in [2.75, 3.05) is 11.9 Å². The summed E-state index contributed by atoms with van der Waals surface area (Å²) in [6.07, 6.45) is 1.79. The Labute approximate surface area is 184 Å². The molecular weight excluding hydrogens is 416 g/mol. The van der Waals surface area contributed by atoms with Gasteiger partial charge in [0.15, 0.2) is 0 Å². The van der Waals surface area contributed by atoms with Gasteiger partial charge in [-0.05, 0) is 36.8 Å². The molecule has 3 aromatic rings. The smallest absolute Gasteiger partial charge is 0.242 e. The van der Waals surface area contributed by atoms with E-state index in [1.165, 1.54) is 0 Å². The summed E-state index contributed by atoms with van der Waals surface area (Å²) in [6, 6.07) is 11.0. The van der Waals surface area contributed by atoms with E-state index in [1.54, 1.807) is 34.8 Å². The summed E-state index contributed by atoms with van der Waals surface area (Å²) < 4.78 is 12.3. The Hall–Kier alpha value is -3.20. The molecule has 2 N–H and O–H groups in total. The Bertz CT molecular complexity index is 1040. The van der Waals surface area contributed by atoms with Crippen molar-refractivity contribution >= 4 is 29.4 Å². The quantitative estimate of drug-likeness (QED) is 0.531. The molecule has 0 radical (unpaired) electrons. The first-order chi connectivity index (χ1) is 15.1. The maximum atomic E-state index is 12.7. The first kappa shape index (κ1) is 21.0. The number of hydrogen-bond acceptors (Lipinski definition) is 6. The molecule has 1 aliphatic rings. The standard InChI is InChI=1S/C22H24N4O4S/c1-2-29-16-7-5-15(6-8-16)10-20(27)24-22-18-13-31-14-19(18)25-26(22)12-21(28)23-11-17-4-3-9-30-17/h3-9H,2,10-14H2,1H3,(H,23,28)(H,24,27). The van der Waals surface area contributed by atoms with Gasteiger partial charge in [-0.2, -0.15) is 16.9 Å². The molecule has 1 aromatic carbocycles. The third-order valence-corrected chi connectivity index (χ3v) is 5.78. The molecule has 31 heavy (non-hydrogen) atoms. The highest BCUT2D eigenvalue weighted by molar-refractivity contribution is 7.98. The second kappa shape index (κ2) is 9.74. The van der Waals surface area contributed by atoms with Crippen LogP contribution in [0.3, 0.4) is 0 Å². The Morgan fingerprint density at radius 2 is 2.03 bits per heavy atom. The SMILES string of the molecule is CCOc1ccc(CC(=O)Nc2c3c(nn2CC(=O)NCc2ccco2)CSC3)cc1. The molecule has 9 heteroatoms. The van der Waals surface area contributed by atoms with Gasteiger partial charge in [0.2, 0.25) is 11.8 Å². The average Bonchev–Trinajstić information content (AvgIpc) is 3.48. The molecular formula is C22H24N4O4S. The Kier molecular flexibility index (Phi) is 6.61. The molecule has 2 aromatic heterocycles. The van der Waals surface area contributed by atoms with Crippen molar-refractivity contribution in [3.63, 3.8) is 0 Å². The zero-order chi connectivity index (χ0) is 21.6. The molecule has 0 spiro atoms. The maximum Gasteiger partial charge on any atom is 0.242 e. The highest BCUT2D eigenvalue weighted by atomic mass is 32.2. The number of nitrogens with zero attached hydrogens (tertiary/aromatic N) is 2. The van der Waals surface area contributed by atoms with Gasteiger partial charge in [0.05, 0.1) is 31.5 Å². The van der Waals surface area contributed by atoms with Gasteiger partial charge in [0.25, 0.3) is 0 Å². The van der Waals surface area contributed by atoms with Gasteiger partial charge in [0, 0.05) is 17.1 Å². The molecule has 8 nitrogen and oxygen atoms in total. The monoisotopic (exact) mass is 440 g/mol. The van der Waals surface area contributed by atoms with E-state index in [4.69, 9.17) is 9.15 Å². The van der Waals surface area contributed by atoms with Gasteiger partial charge >= 0.3 is 0 Å². The van der Waals surface area contributed by atoms with Gasteiger partial charge < -0.3 is 19.8 Å². The summed E-state index contributed by atoms with van der Waals surface area (Å²) in [5.41, 5.74) is 2.79. The first-order valence-corrected chi connectivity index (χ1v) is 11.2. The maximum absolute atomic E-state index is 12.7. The summed E-state index contributed by atoms with van der Waals surface area (Å²) in [5.74, 6) is 3.24. The predicted molar refractivity (Wildman–Crippen MR) is 118 cm³/mol. The number of benzene rings is 1. The van der Waals surface area contributed by atoms with Crippen LogP contribution in [0.25, 0.3) is 0 Å². The van der Waals surface area contributed by atoms with Crippen molar-refractivity contribution in [1.82, 2.24) is 15.1 Å². The largest absolute Gasteiger partial charge is 0.494 e. The fourth-order valence-electron chi connectivity index (χ4n) is 3.34. The number of amides is 2. The van der Waals surface area contributed by atoms with Crippen molar-refractivity contribution in [2.45, 2.75) is 37.9 Å². The van der Waals surface area contributed by atoms with Crippen LogP contribution in [-0.2, 0) is 40.6 Å². The Morgan fingerprint density at radius 3 is 2.77 bits per heavy atom. The van der Waals surface area contributed by atoms with E-state index in [1.807, 2.05) is 31.2 Å². The van der Waals surface area contributed by atoms with Crippen LogP contribution in [0.5, 0.6) is 5.75 Å². The highest BCUT2D eigenvalue weighted by Gasteiger charge is 2.25. The summed E-state index contributed by atoms with van der Waals surface area (Å²) in [5, 5.41) is 10.3. The third-order valence-electron chi connectivity index (χ3n) is 4.81. The number of rotatable bonds is 9. The zero-order valence-electron chi connectivity index (χ0n) is 17.2. The number of furan rings is 1. The van der Waals surface area contributed by atoms with E-state index < -0.39 is 0 Å². The summed E-state index contributed by atoms with van der Waals surface area (Å²) in [4.78, 5) is 25.1. The van der Waals surface area contributed by atoms with Crippen LogP contribution in [-0.4, -0.2) is 28.2 Å². The lowest BCUT2D eigenvalue weighted by Gasteiger charge is -2.11. The van der Waals surface area contributed by atoms with Gasteiger partial charge in [-0.25, -0.2) is 4.68 Å². The molecule has 0 aliphatic carbocycles. The molecule has 1 aliphatic heterocycles. The van der Waals surface area contributed by atoms with Crippen molar-refractivity contribution < 1.29 is 18.7 Å². The average molecular weight is 441 g/mol. The summed E-state index contributed by atoms with van der Waals surface area (Å²) in [7, 11) is 0. The normalized spacial score (nSPS) is 12.4. The first-order valence-electron chi connectivity index (χ1n) is 10.1. The third kappa shape index (κ3) is 5.29. The molecule has 0 saturated heterocycles. The Balaban J connectivity index is 1.41. The molecule has 0 atom stereocenters. The van der Waals surface area contributed by atoms with Gasteiger partial charge in [-0.3, -0.25) is 9.59 Å². The molecule has 0 bridgehead atoms. The van der Waals surface area contributed by atoms with Crippen LogP contribution < -0.4 is 15.4 Å². The number of hydrogen-bond donors (Lipinski definition) is 2. The van der Waals surface area contributed by atoms with Gasteiger partial charge in [0.1, 0.15) is 23.9 Å². The van der Waals surface area contributed by atoms with Gasteiger partial charge in [-0.15, -0.1) is 0 Å². The number of anilines is 1. The molecule has 4 rings (SSSR count). The van der Waals surface area contributed by atoms with E-state index >= 15 is 0 Å².